The number of aliphatic imine (C=N–C) groups is 1. The predicted octanol–water partition coefficient (Wildman–Crippen LogP) is 4.71. The molecule has 0 amide bonds. The summed E-state index contributed by atoms with van der Waals surface area (Å²) >= 11 is 0. The number of rotatable bonds is 9. The minimum absolute atomic E-state index is 0.140. The van der Waals surface area contributed by atoms with Gasteiger partial charge < -0.3 is 28.6 Å². The van der Waals surface area contributed by atoms with Gasteiger partial charge >= 0.3 is 6.16 Å². The zero-order valence-electron chi connectivity index (χ0n) is 24.0. The van der Waals surface area contributed by atoms with Crippen molar-refractivity contribution in [2.24, 2.45) is 4.99 Å². The van der Waals surface area contributed by atoms with Gasteiger partial charge in [0, 0.05) is 27.6 Å². The summed E-state index contributed by atoms with van der Waals surface area (Å²) in [5.74, 6) is -0.478. The zero-order valence-corrected chi connectivity index (χ0v) is 24.0. The molecule has 3 atom stereocenters. The first kappa shape index (κ1) is 29.7. The Balaban J connectivity index is 1.55. The van der Waals surface area contributed by atoms with Crippen molar-refractivity contribution in [1.82, 2.24) is 19.5 Å². The number of methoxy groups -OCH3 is 1. The van der Waals surface area contributed by atoms with Crippen LogP contribution in [0, 0.1) is 11.3 Å². The molecule has 2 fully saturated rings. The van der Waals surface area contributed by atoms with Crippen molar-refractivity contribution in [3.05, 3.63) is 24.2 Å². The molecule has 2 aromatic rings. The number of ether oxygens (including phenoxy) is 5. The fourth-order valence-electron chi connectivity index (χ4n) is 5.07. The van der Waals surface area contributed by atoms with Gasteiger partial charge in [-0.2, -0.15) is 10.4 Å². The third kappa shape index (κ3) is 7.27. The second-order valence-electron chi connectivity index (χ2n) is 11.1. The third-order valence-electron chi connectivity index (χ3n) is 7.25. The van der Waals surface area contributed by atoms with Gasteiger partial charge in [0.1, 0.15) is 36.7 Å². The van der Waals surface area contributed by atoms with E-state index in [0.29, 0.717) is 17.0 Å². The molecule has 1 aliphatic heterocycles. The van der Waals surface area contributed by atoms with Crippen LogP contribution < -0.4 is 0 Å². The molecule has 1 aliphatic carbocycles. The van der Waals surface area contributed by atoms with Crippen LogP contribution in [0.5, 0.6) is 0 Å². The lowest BCUT2D eigenvalue weighted by Crippen LogP contribution is -2.36. The molecule has 3 heterocycles. The highest BCUT2D eigenvalue weighted by molar-refractivity contribution is 5.71. The highest BCUT2D eigenvalue weighted by Crippen LogP contribution is 2.44. The smallest absolute Gasteiger partial charge is 0.431 e. The number of aromatic nitrogens is 3. The van der Waals surface area contributed by atoms with E-state index in [9.17, 15) is 10.1 Å². The fraction of sp³-hybridized carbons (Fsp3) is 0.679. The first-order valence-electron chi connectivity index (χ1n) is 13.8. The number of nitriles is 1. The number of carbonyl (C=O) groups excluding carboxylic acids is 1. The maximum absolute atomic E-state index is 12.6. The van der Waals surface area contributed by atoms with E-state index in [1.54, 1.807) is 31.8 Å². The Morgan fingerprint density at radius 2 is 2.00 bits per heavy atom. The summed E-state index contributed by atoms with van der Waals surface area (Å²) in [6.45, 7) is 3.27. The molecule has 1 saturated heterocycles. The third-order valence-corrected chi connectivity index (χ3v) is 7.25. The van der Waals surface area contributed by atoms with E-state index in [0.717, 1.165) is 38.5 Å². The molecule has 40 heavy (non-hydrogen) atoms. The van der Waals surface area contributed by atoms with Crippen molar-refractivity contribution >= 4 is 23.8 Å². The van der Waals surface area contributed by atoms with Crippen LogP contribution in [0.4, 0.5) is 10.6 Å². The molecule has 1 saturated carbocycles. The van der Waals surface area contributed by atoms with Gasteiger partial charge in [-0.05, 0) is 51.7 Å². The molecule has 12 heteroatoms. The molecule has 4 rings (SSSR count). The van der Waals surface area contributed by atoms with Crippen molar-refractivity contribution in [3.63, 3.8) is 0 Å². The molecule has 2 aliphatic rings. The number of fused-ring (bicyclic) bond motifs is 1. The average Bonchev–Trinajstić information content (AvgIpc) is 3.49. The molecule has 0 bridgehead atoms. The number of hydrogen-bond donors (Lipinski definition) is 0. The maximum Gasteiger partial charge on any atom is 0.508 e. The minimum Gasteiger partial charge on any atom is -0.431 e. The lowest BCUT2D eigenvalue weighted by molar-refractivity contribution is -0.232. The summed E-state index contributed by atoms with van der Waals surface area (Å²) in [5, 5.41) is 14.7. The molecule has 12 nitrogen and oxygen atoms in total. The van der Waals surface area contributed by atoms with Crippen LogP contribution in [0.3, 0.4) is 0 Å². The van der Waals surface area contributed by atoms with Crippen molar-refractivity contribution < 1.29 is 28.5 Å². The van der Waals surface area contributed by atoms with Gasteiger partial charge in [0.2, 0.25) is 0 Å². The van der Waals surface area contributed by atoms with Gasteiger partial charge in [0.05, 0.1) is 18.1 Å². The van der Waals surface area contributed by atoms with E-state index in [4.69, 9.17) is 23.7 Å². The Bertz CT molecular complexity index is 1220. The summed E-state index contributed by atoms with van der Waals surface area (Å²) < 4.78 is 30.9. The van der Waals surface area contributed by atoms with Gasteiger partial charge in [-0.1, -0.05) is 19.3 Å². The molecule has 0 radical (unpaired) electrons. The minimum atomic E-state index is -1.46. The summed E-state index contributed by atoms with van der Waals surface area (Å²) in [6.07, 6.45) is 8.12. The van der Waals surface area contributed by atoms with E-state index >= 15 is 0 Å². The van der Waals surface area contributed by atoms with Gasteiger partial charge in [0.25, 0.3) is 0 Å². The summed E-state index contributed by atoms with van der Waals surface area (Å²) in [5.41, 5.74) is -0.148. The molecule has 0 N–H and O–H groups in total. The SMILES string of the molecule is COC(C)(C)O[C@@H]1C[C@@](C#N)(COC(=O)OC2CCCCCCC2)O[C@H]1c1ccc2c(N=CN(C)C)ncnn12. The van der Waals surface area contributed by atoms with Crippen LogP contribution in [0.25, 0.3) is 5.52 Å². The normalized spacial score (nSPS) is 24.5. The number of nitrogens with zero attached hydrogens (tertiary/aromatic N) is 6. The van der Waals surface area contributed by atoms with Crippen LogP contribution in [-0.4, -0.2) is 83.4 Å². The fourth-order valence-corrected chi connectivity index (χ4v) is 5.07. The zero-order chi connectivity index (χ0) is 28.8. The van der Waals surface area contributed by atoms with Gasteiger partial charge in [-0.15, -0.1) is 0 Å². The van der Waals surface area contributed by atoms with E-state index in [-0.39, 0.29) is 19.1 Å². The van der Waals surface area contributed by atoms with Gasteiger partial charge in [-0.25, -0.2) is 19.3 Å². The topological polar surface area (TPSA) is 133 Å². The van der Waals surface area contributed by atoms with E-state index in [2.05, 4.69) is 21.1 Å². The molecule has 0 unspecified atom stereocenters. The molecule has 218 valence electrons. The van der Waals surface area contributed by atoms with Crippen molar-refractivity contribution in [3.8, 4) is 6.07 Å². The Labute approximate surface area is 235 Å². The number of hydrogen-bond acceptors (Lipinski definition) is 10. The second-order valence-corrected chi connectivity index (χ2v) is 11.1. The van der Waals surface area contributed by atoms with Crippen molar-refractivity contribution in [2.75, 3.05) is 27.8 Å². The van der Waals surface area contributed by atoms with Crippen LogP contribution >= 0.6 is 0 Å². The molecule has 0 spiro atoms. The quantitative estimate of drug-likeness (QED) is 0.185. The standard InChI is InChI=1S/C28H40N6O6/c1-27(2,36-5)39-23-15-28(16-29,17-37-26(35)38-20-11-9-7-6-8-10-12-20)40-24(23)21-13-14-22-25(31-19-33(3)4)30-18-32-34(21)22/h13-14,18-20,23-24H,6-12,15,17H2,1-5H3/t23-,24+,28-/m1/s1. The first-order chi connectivity index (χ1) is 19.1. The van der Waals surface area contributed by atoms with E-state index in [1.165, 1.54) is 12.7 Å². The maximum atomic E-state index is 12.6. The van der Waals surface area contributed by atoms with Crippen LogP contribution in [0.15, 0.2) is 23.5 Å². The van der Waals surface area contributed by atoms with Gasteiger partial charge in [0.15, 0.2) is 17.2 Å². The molecular weight excluding hydrogens is 516 g/mol. The highest BCUT2D eigenvalue weighted by Gasteiger charge is 2.52. The van der Waals surface area contributed by atoms with E-state index in [1.807, 2.05) is 31.1 Å². The summed E-state index contributed by atoms with van der Waals surface area (Å²) in [7, 11) is 5.29. The first-order valence-corrected chi connectivity index (χ1v) is 13.8. The Hall–Kier alpha value is -3.27. The summed E-state index contributed by atoms with van der Waals surface area (Å²) in [6, 6.07) is 5.91. The van der Waals surface area contributed by atoms with Crippen LogP contribution in [0.2, 0.25) is 0 Å². The van der Waals surface area contributed by atoms with Crippen molar-refractivity contribution in [1.29, 1.82) is 5.26 Å². The molecular formula is C28H40N6O6. The van der Waals surface area contributed by atoms with Crippen molar-refractivity contribution in [2.45, 2.75) is 94.9 Å². The van der Waals surface area contributed by atoms with Gasteiger partial charge in [-0.3, -0.25) is 0 Å². The molecule has 0 aromatic carbocycles. The monoisotopic (exact) mass is 556 g/mol. The largest absolute Gasteiger partial charge is 0.508 e. The Kier molecular flexibility index (Phi) is 9.60. The van der Waals surface area contributed by atoms with Crippen LogP contribution in [-0.2, 0) is 23.7 Å². The van der Waals surface area contributed by atoms with E-state index < -0.39 is 29.8 Å². The predicted molar refractivity (Wildman–Crippen MR) is 146 cm³/mol. The number of carbonyl (C=O) groups is 1. The second kappa shape index (κ2) is 12.9. The lowest BCUT2D eigenvalue weighted by atomic mass is 9.99. The lowest BCUT2D eigenvalue weighted by Gasteiger charge is -2.29. The summed E-state index contributed by atoms with van der Waals surface area (Å²) in [4.78, 5) is 23.1. The Morgan fingerprint density at radius 1 is 1.27 bits per heavy atom. The Morgan fingerprint density at radius 3 is 2.67 bits per heavy atom. The molecule has 2 aromatic heterocycles. The van der Waals surface area contributed by atoms with Crippen LogP contribution in [0.1, 0.15) is 77.0 Å². The average molecular weight is 557 g/mol. The highest BCUT2D eigenvalue weighted by atomic mass is 16.7.